The lowest BCUT2D eigenvalue weighted by atomic mass is 9.91. The molecule has 198 valence electrons. The van der Waals surface area contributed by atoms with Gasteiger partial charge in [0, 0.05) is 53.7 Å². The molecule has 0 radical (unpaired) electrons. The Morgan fingerprint density at radius 1 is 1.10 bits per heavy atom. The maximum absolute atomic E-state index is 12.9. The number of aromatic nitrogens is 3. The van der Waals surface area contributed by atoms with Crippen LogP contribution in [0.3, 0.4) is 0 Å². The molecule has 3 aromatic heterocycles. The number of H-pyrrole nitrogens is 1. The number of para-hydroxylation sites is 2. The zero-order valence-electron chi connectivity index (χ0n) is 21.9. The van der Waals surface area contributed by atoms with Gasteiger partial charge in [-0.15, -0.1) is 0 Å². The van der Waals surface area contributed by atoms with Gasteiger partial charge in [0.15, 0.2) is 11.6 Å². The van der Waals surface area contributed by atoms with Crippen molar-refractivity contribution in [1.82, 2.24) is 19.0 Å². The van der Waals surface area contributed by atoms with E-state index in [4.69, 9.17) is 15.2 Å². The minimum Gasteiger partial charge on any atom is -0.494 e. The number of hydrogen-bond acceptors (Lipinski definition) is 5. The first kappa shape index (κ1) is 22.9. The Kier molecular flexibility index (Phi) is 4.42. The lowest BCUT2D eigenvalue weighted by Crippen LogP contribution is -2.61. The van der Waals surface area contributed by atoms with E-state index in [0.717, 1.165) is 54.4 Å². The van der Waals surface area contributed by atoms with Crippen molar-refractivity contribution in [3.05, 3.63) is 54.7 Å². The third kappa shape index (κ3) is 2.58. The molecule has 8 rings (SSSR count). The van der Waals surface area contributed by atoms with Crippen molar-refractivity contribution in [1.29, 1.82) is 0 Å². The molecule has 2 aliphatic heterocycles. The number of likely N-dealkylation sites (N-methyl/N-ethyl adjacent to an activating group) is 1. The van der Waals surface area contributed by atoms with Gasteiger partial charge in [-0.05, 0) is 19.1 Å². The minimum absolute atomic E-state index is 0.0794. The van der Waals surface area contributed by atoms with Gasteiger partial charge in [-0.2, -0.15) is 0 Å². The molecule has 0 aliphatic carbocycles. The number of aromatic hydroxyl groups is 1. The van der Waals surface area contributed by atoms with E-state index in [9.17, 15) is 9.90 Å². The van der Waals surface area contributed by atoms with Crippen LogP contribution in [0, 0.1) is 0 Å². The number of carbonyl (C=O) groups is 1. The average molecular weight is 524 g/mol. The first-order chi connectivity index (χ1) is 18.9. The topological polar surface area (TPSA) is 111 Å². The normalized spacial score (nSPS) is 24.5. The second-order valence-corrected chi connectivity index (χ2v) is 10.9. The summed E-state index contributed by atoms with van der Waals surface area (Å²) in [6.45, 7) is 1.98. The number of nitrogens with two attached hydrogens (primary N) is 1. The van der Waals surface area contributed by atoms with Gasteiger partial charge in [0.2, 0.25) is 5.91 Å². The van der Waals surface area contributed by atoms with Crippen molar-refractivity contribution >= 4 is 60.3 Å². The number of carbonyl (C=O) groups excluding carboxylic acids is 1. The highest BCUT2D eigenvalue weighted by molar-refractivity contribution is 6.37. The molecule has 0 unspecified atom stereocenters. The highest BCUT2D eigenvalue weighted by atomic mass is 16.6. The molecule has 0 saturated carbocycles. The second-order valence-electron chi connectivity index (χ2n) is 10.9. The largest absolute Gasteiger partial charge is 0.494 e. The maximum Gasteiger partial charge on any atom is 0.236 e. The number of methoxy groups -OCH3 is 1. The van der Waals surface area contributed by atoms with Crippen molar-refractivity contribution in [2.24, 2.45) is 5.73 Å². The third-order valence-corrected chi connectivity index (χ3v) is 9.13. The number of hydrogen-bond donors (Lipinski definition) is 3. The van der Waals surface area contributed by atoms with Crippen LogP contribution in [0.1, 0.15) is 19.6 Å². The van der Waals surface area contributed by atoms with Crippen LogP contribution in [0.4, 0.5) is 0 Å². The number of ether oxygens (including phenoxy) is 2. The Balaban J connectivity index is 1.65. The number of rotatable bonds is 3. The van der Waals surface area contributed by atoms with Crippen molar-refractivity contribution in [2.45, 2.75) is 37.4 Å². The van der Waals surface area contributed by atoms with Crippen molar-refractivity contribution in [3.8, 4) is 5.88 Å². The quantitative estimate of drug-likeness (QED) is 0.317. The van der Waals surface area contributed by atoms with E-state index in [2.05, 4.69) is 45.3 Å². The van der Waals surface area contributed by atoms with Crippen LogP contribution in [-0.4, -0.2) is 62.9 Å². The first-order valence-corrected chi connectivity index (χ1v) is 13.2. The Morgan fingerprint density at radius 3 is 2.51 bits per heavy atom. The van der Waals surface area contributed by atoms with E-state index < -0.39 is 18.1 Å². The Hall–Kier alpha value is -4.05. The molecule has 1 fully saturated rings. The minimum atomic E-state index is -0.966. The Labute approximate surface area is 223 Å². The molecule has 6 aromatic rings. The van der Waals surface area contributed by atoms with Crippen LogP contribution in [0.15, 0.2) is 54.7 Å². The van der Waals surface area contributed by atoms with Crippen LogP contribution < -0.4 is 5.73 Å². The molecular weight excluding hydrogens is 494 g/mol. The lowest BCUT2D eigenvalue weighted by Gasteiger charge is -2.50. The summed E-state index contributed by atoms with van der Waals surface area (Å²) in [5.74, 6) is -0.00194. The number of nitrogens with one attached hydrogen (secondary N) is 1. The maximum atomic E-state index is 12.9. The van der Waals surface area contributed by atoms with Gasteiger partial charge in [-0.25, -0.2) is 0 Å². The summed E-state index contributed by atoms with van der Waals surface area (Å²) < 4.78 is 17.9. The van der Waals surface area contributed by atoms with E-state index in [1.807, 2.05) is 30.5 Å². The average Bonchev–Trinajstić information content (AvgIpc) is 3.59. The van der Waals surface area contributed by atoms with Crippen LogP contribution >= 0.6 is 0 Å². The zero-order chi connectivity index (χ0) is 26.8. The number of aromatic amines is 1. The molecule has 9 nitrogen and oxygen atoms in total. The van der Waals surface area contributed by atoms with Gasteiger partial charge in [-0.3, -0.25) is 4.79 Å². The van der Waals surface area contributed by atoms with Gasteiger partial charge in [0.1, 0.15) is 12.3 Å². The molecule has 2 bridgehead atoms. The van der Waals surface area contributed by atoms with E-state index >= 15 is 0 Å². The molecule has 1 amide bonds. The fraction of sp³-hybridized carbons (Fsp3) is 0.300. The summed E-state index contributed by atoms with van der Waals surface area (Å²) in [7, 11) is 3.48. The van der Waals surface area contributed by atoms with E-state index in [-0.39, 0.29) is 24.4 Å². The highest BCUT2D eigenvalue weighted by Crippen LogP contribution is 2.55. The van der Waals surface area contributed by atoms with Gasteiger partial charge in [-0.1, -0.05) is 36.4 Å². The van der Waals surface area contributed by atoms with Crippen molar-refractivity contribution in [2.75, 3.05) is 20.7 Å². The predicted octanol–water partition coefficient (Wildman–Crippen LogP) is 4.50. The van der Waals surface area contributed by atoms with Crippen LogP contribution in [0.5, 0.6) is 5.88 Å². The zero-order valence-corrected chi connectivity index (χ0v) is 21.9. The monoisotopic (exact) mass is 523 g/mol. The molecule has 0 spiro atoms. The molecule has 3 aromatic carbocycles. The first-order valence-electron chi connectivity index (χ1n) is 13.2. The summed E-state index contributed by atoms with van der Waals surface area (Å²) in [6, 6.07) is 16.2. The third-order valence-electron chi connectivity index (χ3n) is 9.13. The SMILES string of the molecule is CO[C@H]1[C@@H](N(C)C(=O)CN)C[C@@H]2O[C@@]1(C)n1c3ccccc3c3c4c[nH]c(O)c4c4c5ccccc5n2c4c31. The smallest absolute Gasteiger partial charge is 0.236 e. The highest BCUT2D eigenvalue weighted by Gasteiger charge is 2.54. The van der Waals surface area contributed by atoms with Crippen LogP contribution in [0.2, 0.25) is 0 Å². The molecular formula is C30H29N5O4. The van der Waals surface area contributed by atoms with E-state index in [1.165, 1.54) is 0 Å². The molecule has 1 saturated heterocycles. The number of nitrogens with zero attached hydrogens (tertiary/aromatic N) is 3. The van der Waals surface area contributed by atoms with Crippen LogP contribution in [-0.2, 0) is 20.0 Å². The summed E-state index contributed by atoms with van der Waals surface area (Å²) >= 11 is 0. The molecule has 5 heterocycles. The van der Waals surface area contributed by atoms with Gasteiger partial charge >= 0.3 is 0 Å². The summed E-state index contributed by atoms with van der Waals surface area (Å²) in [5.41, 5.74) is 8.88. The van der Waals surface area contributed by atoms with Gasteiger partial charge in [0.05, 0.1) is 40.0 Å². The van der Waals surface area contributed by atoms with E-state index in [0.29, 0.717) is 6.42 Å². The van der Waals surface area contributed by atoms with Gasteiger partial charge < -0.3 is 39.3 Å². The summed E-state index contributed by atoms with van der Waals surface area (Å²) in [5, 5.41) is 17.0. The summed E-state index contributed by atoms with van der Waals surface area (Å²) in [4.78, 5) is 17.7. The fourth-order valence-electron chi connectivity index (χ4n) is 7.59. The van der Waals surface area contributed by atoms with E-state index in [1.54, 1.807) is 19.1 Å². The van der Waals surface area contributed by atoms with Crippen LogP contribution in [0.25, 0.3) is 54.4 Å². The molecule has 39 heavy (non-hydrogen) atoms. The molecule has 4 N–H and O–H groups in total. The number of benzene rings is 3. The van der Waals surface area contributed by atoms with Crippen molar-refractivity contribution in [3.63, 3.8) is 0 Å². The Bertz CT molecular complexity index is 2000. The predicted molar refractivity (Wildman–Crippen MR) is 151 cm³/mol. The van der Waals surface area contributed by atoms with Gasteiger partial charge in [0.25, 0.3) is 0 Å². The van der Waals surface area contributed by atoms with Crippen molar-refractivity contribution < 1.29 is 19.4 Å². The molecule has 9 heteroatoms. The molecule has 4 atom stereocenters. The number of amides is 1. The standard InChI is InChI=1S/C30H29N5O4/c1-30-28(38-3)20(33(2)21(36)13-31)12-22(39-30)34-18-10-6-4-8-15(18)24-25-17(14-32-29(25)37)23-16-9-5-7-11-19(16)35(30)27(23)26(24)34/h4-11,14,20,22,28,32,37H,12-13,31H2,1-3H3/t20-,22-,28-,30+/m0/s1. The summed E-state index contributed by atoms with van der Waals surface area (Å²) in [6.07, 6.45) is 1.54. The lowest BCUT2D eigenvalue weighted by molar-refractivity contribution is -0.266. The second kappa shape index (κ2) is 7.53. The number of fused-ring (bicyclic) bond motifs is 13. The molecule has 2 aliphatic rings. The Morgan fingerprint density at radius 2 is 1.79 bits per heavy atom. The fourth-order valence-corrected chi connectivity index (χ4v) is 7.59.